The van der Waals surface area contributed by atoms with Crippen molar-refractivity contribution in [3.05, 3.63) is 29.0 Å². The van der Waals surface area contributed by atoms with Crippen LogP contribution in [0.4, 0.5) is 0 Å². The summed E-state index contributed by atoms with van der Waals surface area (Å²) in [6.07, 6.45) is 3.33. The number of thiazole rings is 1. The van der Waals surface area contributed by atoms with Crippen molar-refractivity contribution in [2.45, 2.75) is 22.8 Å². The molecule has 17 heavy (non-hydrogen) atoms. The quantitative estimate of drug-likeness (QED) is 0.854. The van der Waals surface area contributed by atoms with Crippen molar-refractivity contribution in [2.75, 3.05) is 0 Å². The van der Waals surface area contributed by atoms with Gasteiger partial charge in [0.2, 0.25) is 0 Å². The zero-order chi connectivity index (χ0) is 12.3. The Morgan fingerprint density at radius 2 is 2.18 bits per heavy atom. The van der Waals surface area contributed by atoms with Crippen molar-refractivity contribution in [1.29, 1.82) is 0 Å². The Hall–Kier alpha value is -1.47. The van der Waals surface area contributed by atoms with Gasteiger partial charge in [0, 0.05) is 17.3 Å². The molecule has 0 amide bonds. The minimum absolute atomic E-state index is 0.0136. The highest BCUT2D eigenvalue weighted by Gasteiger charge is 2.12. The van der Waals surface area contributed by atoms with Gasteiger partial charge in [-0.3, -0.25) is 4.79 Å². The Balaban J connectivity index is 2.15. The first-order chi connectivity index (χ1) is 8.15. The van der Waals surface area contributed by atoms with Crippen molar-refractivity contribution in [3.8, 4) is 0 Å². The number of aliphatic carboxylic acids is 1. The second-order valence-electron chi connectivity index (χ2n) is 3.19. The molecule has 0 aliphatic heterocycles. The van der Waals surface area contributed by atoms with Crippen LogP contribution in [0.15, 0.2) is 28.0 Å². The Morgan fingerprint density at radius 1 is 1.47 bits per heavy atom. The number of hydrogen-bond donors (Lipinski definition) is 1. The molecule has 0 saturated heterocycles. The van der Waals surface area contributed by atoms with E-state index < -0.39 is 5.97 Å². The van der Waals surface area contributed by atoms with E-state index in [2.05, 4.69) is 15.0 Å². The van der Waals surface area contributed by atoms with E-state index in [0.717, 1.165) is 14.9 Å². The fourth-order valence-corrected chi connectivity index (χ4v) is 3.20. The molecule has 88 valence electrons. The predicted molar refractivity (Wildman–Crippen MR) is 64.3 cm³/mol. The number of hydrogen-bond acceptors (Lipinski definition) is 6. The minimum Gasteiger partial charge on any atom is -0.481 e. The van der Waals surface area contributed by atoms with Crippen LogP contribution < -0.4 is 0 Å². The Morgan fingerprint density at radius 3 is 2.82 bits per heavy atom. The summed E-state index contributed by atoms with van der Waals surface area (Å²) < 4.78 is 0.768. The zero-order valence-corrected chi connectivity index (χ0v) is 10.6. The summed E-state index contributed by atoms with van der Waals surface area (Å²) in [5, 5.41) is 9.35. The maximum absolute atomic E-state index is 10.6. The van der Waals surface area contributed by atoms with E-state index in [0.29, 0.717) is 5.16 Å². The maximum Gasteiger partial charge on any atom is 0.308 e. The summed E-state index contributed by atoms with van der Waals surface area (Å²) in [6, 6.07) is 1.74. The smallest absolute Gasteiger partial charge is 0.308 e. The molecule has 2 aromatic heterocycles. The van der Waals surface area contributed by atoms with Gasteiger partial charge in [-0.2, -0.15) is 0 Å². The van der Waals surface area contributed by atoms with Gasteiger partial charge in [0.15, 0.2) is 9.50 Å². The lowest BCUT2D eigenvalue weighted by molar-refractivity contribution is -0.136. The first-order valence-corrected chi connectivity index (χ1v) is 6.41. The van der Waals surface area contributed by atoms with E-state index in [-0.39, 0.29) is 6.42 Å². The Kier molecular flexibility index (Phi) is 3.70. The average Bonchev–Trinajstić information content (AvgIpc) is 2.59. The van der Waals surface area contributed by atoms with Crippen LogP contribution in [-0.4, -0.2) is 26.0 Å². The van der Waals surface area contributed by atoms with Gasteiger partial charge in [-0.05, 0) is 24.8 Å². The number of aryl methyl sites for hydroxylation is 1. The maximum atomic E-state index is 10.6. The van der Waals surface area contributed by atoms with Gasteiger partial charge in [-0.15, -0.1) is 11.3 Å². The van der Waals surface area contributed by atoms with Crippen molar-refractivity contribution in [1.82, 2.24) is 15.0 Å². The largest absolute Gasteiger partial charge is 0.481 e. The molecule has 0 aromatic carbocycles. The molecule has 0 bridgehead atoms. The van der Waals surface area contributed by atoms with Crippen LogP contribution in [0.2, 0.25) is 0 Å². The van der Waals surface area contributed by atoms with Gasteiger partial charge in [0.25, 0.3) is 0 Å². The zero-order valence-electron chi connectivity index (χ0n) is 8.95. The lowest BCUT2D eigenvalue weighted by Crippen LogP contribution is -1.99. The molecular formula is C10H9N3O2S2. The number of rotatable bonds is 4. The van der Waals surface area contributed by atoms with Crippen LogP contribution in [0.3, 0.4) is 0 Å². The molecule has 0 aliphatic carbocycles. The van der Waals surface area contributed by atoms with Gasteiger partial charge >= 0.3 is 5.97 Å². The lowest BCUT2D eigenvalue weighted by atomic mass is 10.3. The molecule has 0 spiro atoms. The van der Waals surface area contributed by atoms with Crippen molar-refractivity contribution in [3.63, 3.8) is 0 Å². The van der Waals surface area contributed by atoms with Gasteiger partial charge in [0.05, 0.1) is 12.1 Å². The second-order valence-corrected chi connectivity index (χ2v) is 5.49. The van der Waals surface area contributed by atoms with Gasteiger partial charge in [0.1, 0.15) is 0 Å². The molecule has 0 unspecified atom stereocenters. The molecule has 0 saturated carbocycles. The summed E-state index contributed by atoms with van der Waals surface area (Å²) in [4.78, 5) is 23.9. The highest BCUT2D eigenvalue weighted by molar-refractivity contribution is 8.00. The van der Waals surface area contributed by atoms with E-state index >= 15 is 0 Å². The fourth-order valence-electron chi connectivity index (χ4n) is 1.16. The second kappa shape index (κ2) is 5.24. The van der Waals surface area contributed by atoms with Crippen LogP contribution in [0, 0.1) is 6.92 Å². The van der Waals surface area contributed by atoms with Crippen LogP contribution in [-0.2, 0) is 11.2 Å². The van der Waals surface area contributed by atoms with E-state index in [1.165, 1.54) is 23.1 Å². The van der Waals surface area contributed by atoms with E-state index in [4.69, 9.17) is 5.11 Å². The van der Waals surface area contributed by atoms with Crippen molar-refractivity contribution >= 4 is 29.1 Å². The van der Waals surface area contributed by atoms with E-state index in [1.54, 1.807) is 18.5 Å². The molecule has 0 fully saturated rings. The van der Waals surface area contributed by atoms with Gasteiger partial charge in [-0.1, -0.05) is 0 Å². The first kappa shape index (κ1) is 12.0. The third kappa shape index (κ3) is 3.24. The summed E-state index contributed by atoms with van der Waals surface area (Å²) in [6.45, 7) is 1.81. The summed E-state index contributed by atoms with van der Waals surface area (Å²) >= 11 is 2.72. The number of carbonyl (C=O) groups is 1. The Labute approximate surface area is 106 Å². The summed E-state index contributed by atoms with van der Waals surface area (Å²) in [5.74, 6) is -0.843. The van der Waals surface area contributed by atoms with Crippen LogP contribution in [0.25, 0.3) is 0 Å². The topological polar surface area (TPSA) is 76.0 Å². The van der Waals surface area contributed by atoms with E-state index in [1.807, 2.05) is 6.92 Å². The molecular weight excluding hydrogens is 258 g/mol. The third-order valence-electron chi connectivity index (χ3n) is 1.91. The number of carboxylic acids is 1. The molecule has 0 atom stereocenters. The Bertz CT molecular complexity index is 528. The van der Waals surface area contributed by atoms with Gasteiger partial charge < -0.3 is 5.11 Å². The highest BCUT2D eigenvalue weighted by Crippen LogP contribution is 2.30. The van der Waals surface area contributed by atoms with Crippen LogP contribution >= 0.6 is 23.1 Å². The number of aromatic nitrogens is 3. The van der Waals surface area contributed by atoms with E-state index in [9.17, 15) is 4.79 Å². The highest BCUT2D eigenvalue weighted by atomic mass is 32.2. The van der Waals surface area contributed by atoms with Crippen molar-refractivity contribution in [2.24, 2.45) is 0 Å². The predicted octanol–water partition coefficient (Wildman–Crippen LogP) is 2.02. The third-order valence-corrected chi connectivity index (χ3v) is 4.02. The SMILES string of the molecule is Cc1nc(Sc2ncccn2)sc1CC(=O)O. The molecule has 7 heteroatoms. The average molecular weight is 267 g/mol. The minimum atomic E-state index is -0.843. The summed E-state index contributed by atoms with van der Waals surface area (Å²) in [7, 11) is 0. The molecule has 0 aliphatic rings. The monoisotopic (exact) mass is 267 g/mol. The number of nitrogens with zero attached hydrogens (tertiary/aromatic N) is 3. The molecule has 1 N–H and O–H groups in total. The molecule has 5 nitrogen and oxygen atoms in total. The van der Waals surface area contributed by atoms with Crippen LogP contribution in [0.1, 0.15) is 10.6 Å². The molecule has 0 radical (unpaired) electrons. The first-order valence-electron chi connectivity index (χ1n) is 4.78. The van der Waals surface area contributed by atoms with Gasteiger partial charge in [-0.25, -0.2) is 15.0 Å². The van der Waals surface area contributed by atoms with Crippen molar-refractivity contribution < 1.29 is 9.90 Å². The molecule has 2 aromatic rings. The molecule has 2 heterocycles. The molecule has 2 rings (SSSR count). The summed E-state index contributed by atoms with van der Waals surface area (Å²) in [5.41, 5.74) is 0.760. The standard InChI is InChI=1S/C10H9N3O2S2/c1-6-7(5-8(14)15)16-10(13-6)17-9-11-3-2-4-12-9/h2-4H,5H2,1H3,(H,14,15). The van der Waals surface area contributed by atoms with Crippen LogP contribution in [0.5, 0.6) is 0 Å². The fraction of sp³-hybridized carbons (Fsp3) is 0.200. The normalized spacial score (nSPS) is 10.4. The lowest BCUT2D eigenvalue weighted by Gasteiger charge is -1.92. The number of carboxylic acid groups (broad SMARTS) is 1.